The fraction of sp³-hybridized carbons (Fsp3) is 0.462. The topological polar surface area (TPSA) is 37.3 Å². The van der Waals surface area contributed by atoms with Gasteiger partial charge in [-0.3, -0.25) is 4.79 Å². The Bertz CT molecular complexity index is 309. The molecule has 1 aromatic carbocycles. The molecule has 2 nitrogen and oxygen atoms in total. The standard InChI is InChI=1S/C9H9FO2.2C2H6/c1-2-6-3-4-8(10)7(5-11)9(6)12;2*1-2/h3-5,12H,2H2,1H3;2*1-2H3. The SMILES string of the molecule is CC.CC.CCc1ccc(F)c(C=O)c1O. The van der Waals surface area contributed by atoms with Crippen LogP contribution in [-0.2, 0) is 6.42 Å². The van der Waals surface area contributed by atoms with E-state index in [9.17, 15) is 14.3 Å². The van der Waals surface area contributed by atoms with Crippen molar-refractivity contribution in [3.05, 3.63) is 29.1 Å². The first-order valence-corrected chi connectivity index (χ1v) is 5.66. The molecule has 0 spiro atoms. The van der Waals surface area contributed by atoms with Gasteiger partial charge in [0.05, 0.1) is 5.56 Å². The van der Waals surface area contributed by atoms with E-state index < -0.39 is 5.82 Å². The first-order chi connectivity index (χ1) is 7.70. The molecule has 0 aliphatic carbocycles. The second-order valence-corrected chi connectivity index (χ2v) is 2.44. The van der Waals surface area contributed by atoms with E-state index in [1.54, 1.807) is 0 Å². The Morgan fingerprint density at radius 2 is 1.75 bits per heavy atom. The third-order valence-corrected chi connectivity index (χ3v) is 1.75. The zero-order valence-electron chi connectivity index (χ0n) is 10.7. The summed E-state index contributed by atoms with van der Waals surface area (Å²) in [6.07, 6.45) is 0.900. The molecule has 0 unspecified atom stereocenters. The molecule has 0 bridgehead atoms. The highest BCUT2D eigenvalue weighted by Crippen LogP contribution is 2.23. The molecule has 0 radical (unpaired) electrons. The summed E-state index contributed by atoms with van der Waals surface area (Å²) in [7, 11) is 0. The summed E-state index contributed by atoms with van der Waals surface area (Å²) >= 11 is 0. The summed E-state index contributed by atoms with van der Waals surface area (Å²) in [5, 5.41) is 9.30. The van der Waals surface area contributed by atoms with Crippen LogP contribution < -0.4 is 0 Å². The number of hydrogen-bond acceptors (Lipinski definition) is 2. The summed E-state index contributed by atoms with van der Waals surface area (Å²) in [6, 6.07) is 2.65. The number of phenols is 1. The van der Waals surface area contributed by atoms with Crippen molar-refractivity contribution < 1.29 is 14.3 Å². The lowest BCUT2D eigenvalue weighted by Crippen LogP contribution is -1.92. The Morgan fingerprint density at radius 3 is 2.12 bits per heavy atom. The third-order valence-electron chi connectivity index (χ3n) is 1.75. The number of carbonyl (C=O) groups is 1. The molecule has 0 aromatic heterocycles. The number of aryl methyl sites for hydroxylation is 1. The average Bonchev–Trinajstić information content (AvgIpc) is 2.35. The molecule has 0 atom stereocenters. The highest BCUT2D eigenvalue weighted by Gasteiger charge is 2.09. The highest BCUT2D eigenvalue weighted by atomic mass is 19.1. The van der Waals surface area contributed by atoms with Gasteiger partial charge >= 0.3 is 0 Å². The molecular formula is C13H21FO2. The molecule has 3 heteroatoms. The minimum absolute atomic E-state index is 0.243. The van der Waals surface area contributed by atoms with Gasteiger partial charge in [0.2, 0.25) is 0 Å². The molecule has 1 aromatic rings. The van der Waals surface area contributed by atoms with E-state index in [2.05, 4.69) is 0 Å². The summed E-state index contributed by atoms with van der Waals surface area (Å²) < 4.78 is 12.8. The van der Waals surface area contributed by atoms with Crippen LogP contribution in [-0.4, -0.2) is 11.4 Å². The molecule has 0 fully saturated rings. The number of phenolic OH excluding ortho intramolecular Hbond substituents is 1. The summed E-state index contributed by atoms with van der Waals surface area (Å²) in [4.78, 5) is 10.3. The maximum Gasteiger partial charge on any atom is 0.156 e. The van der Waals surface area contributed by atoms with Crippen LogP contribution in [0.5, 0.6) is 5.75 Å². The summed E-state index contributed by atoms with van der Waals surface area (Å²) in [5.74, 6) is -0.924. The van der Waals surface area contributed by atoms with Gasteiger partial charge in [-0.15, -0.1) is 0 Å². The van der Waals surface area contributed by atoms with Gasteiger partial charge in [-0.1, -0.05) is 40.7 Å². The number of halogens is 1. The van der Waals surface area contributed by atoms with E-state index in [1.807, 2.05) is 34.6 Å². The minimum atomic E-state index is -0.681. The summed E-state index contributed by atoms with van der Waals surface area (Å²) in [5.41, 5.74) is 0.327. The van der Waals surface area contributed by atoms with E-state index in [0.717, 1.165) is 0 Å². The zero-order valence-corrected chi connectivity index (χ0v) is 10.7. The smallest absolute Gasteiger partial charge is 0.156 e. The molecule has 0 amide bonds. The van der Waals surface area contributed by atoms with Gasteiger partial charge in [-0.2, -0.15) is 0 Å². The van der Waals surface area contributed by atoms with Gasteiger partial charge in [-0.25, -0.2) is 4.39 Å². The quantitative estimate of drug-likeness (QED) is 0.778. The second-order valence-electron chi connectivity index (χ2n) is 2.44. The van der Waals surface area contributed by atoms with Gasteiger partial charge in [0.1, 0.15) is 11.6 Å². The van der Waals surface area contributed by atoms with Gasteiger partial charge in [0, 0.05) is 0 Å². The van der Waals surface area contributed by atoms with Gasteiger partial charge in [0.15, 0.2) is 6.29 Å². The third kappa shape index (κ3) is 4.43. The first-order valence-electron chi connectivity index (χ1n) is 5.66. The Balaban J connectivity index is 0. The molecule has 0 saturated carbocycles. The molecule has 0 aliphatic heterocycles. The molecular weight excluding hydrogens is 207 g/mol. The monoisotopic (exact) mass is 228 g/mol. The molecule has 1 N–H and O–H groups in total. The van der Waals surface area contributed by atoms with E-state index >= 15 is 0 Å². The van der Waals surface area contributed by atoms with Crippen LogP contribution in [0.4, 0.5) is 4.39 Å². The Labute approximate surface area is 97.1 Å². The van der Waals surface area contributed by atoms with Crippen molar-refractivity contribution in [3.63, 3.8) is 0 Å². The van der Waals surface area contributed by atoms with E-state index in [1.165, 1.54) is 12.1 Å². The minimum Gasteiger partial charge on any atom is -0.507 e. The molecule has 0 saturated heterocycles. The van der Waals surface area contributed by atoms with Gasteiger partial charge < -0.3 is 5.11 Å². The maximum absolute atomic E-state index is 12.8. The van der Waals surface area contributed by atoms with Crippen LogP contribution in [0.1, 0.15) is 50.5 Å². The van der Waals surface area contributed by atoms with E-state index in [0.29, 0.717) is 18.3 Å². The lowest BCUT2D eigenvalue weighted by atomic mass is 10.1. The van der Waals surface area contributed by atoms with Crippen molar-refractivity contribution in [2.75, 3.05) is 0 Å². The molecule has 92 valence electrons. The molecule has 0 aliphatic rings. The van der Waals surface area contributed by atoms with Crippen LogP contribution in [0.2, 0.25) is 0 Å². The fourth-order valence-corrected chi connectivity index (χ4v) is 1.03. The lowest BCUT2D eigenvalue weighted by molar-refractivity contribution is 0.111. The Kier molecular flexibility index (Phi) is 10.8. The van der Waals surface area contributed by atoms with Crippen molar-refractivity contribution in [3.8, 4) is 5.75 Å². The van der Waals surface area contributed by atoms with Crippen molar-refractivity contribution >= 4 is 6.29 Å². The van der Waals surface area contributed by atoms with E-state index in [-0.39, 0.29) is 11.3 Å². The van der Waals surface area contributed by atoms with Crippen molar-refractivity contribution in [2.45, 2.75) is 41.0 Å². The number of carbonyl (C=O) groups excluding carboxylic acids is 1. The van der Waals surface area contributed by atoms with Crippen LogP contribution in [0.15, 0.2) is 12.1 Å². The Morgan fingerprint density at radius 1 is 1.25 bits per heavy atom. The maximum atomic E-state index is 12.8. The fourth-order valence-electron chi connectivity index (χ4n) is 1.03. The van der Waals surface area contributed by atoms with Crippen LogP contribution in [0.25, 0.3) is 0 Å². The molecule has 16 heavy (non-hydrogen) atoms. The van der Waals surface area contributed by atoms with Crippen molar-refractivity contribution in [1.29, 1.82) is 0 Å². The van der Waals surface area contributed by atoms with Crippen molar-refractivity contribution in [2.24, 2.45) is 0 Å². The zero-order chi connectivity index (χ0) is 13.1. The second kappa shape index (κ2) is 10.1. The van der Waals surface area contributed by atoms with Gasteiger partial charge in [-0.05, 0) is 18.1 Å². The number of rotatable bonds is 2. The number of hydrogen-bond donors (Lipinski definition) is 1. The predicted octanol–water partition coefficient (Wildman–Crippen LogP) is 3.96. The normalized spacial score (nSPS) is 8.12. The van der Waals surface area contributed by atoms with Crippen molar-refractivity contribution in [1.82, 2.24) is 0 Å². The number of aromatic hydroxyl groups is 1. The Hall–Kier alpha value is -1.38. The average molecular weight is 228 g/mol. The largest absolute Gasteiger partial charge is 0.507 e. The van der Waals surface area contributed by atoms with Gasteiger partial charge in [0.25, 0.3) is 0 Å². The highest BCUT2D eigenvalue weighted by molar-refractivity contribution is 5.80. The van der Waals surface area contributed by atoms with Crippen LogP contribution >= 0.6 is 0 Å². The molecule has 1 rings (SSSR count). The number of aldehydes is 1. The van der Waals surface area contributed by atoms with Crippen LogP contribution in [0, 0.1) is 5.82 Å². The molecule has 0 heterocycles. The predicted molar refractivity (Wildman–Crippen MR) is 65.5 cm³/mol. The number of benzene rings is 1. The lowest BCUT2D eigenvalue weighted by Gasteiger charge is -2.03. The van der Waals surface area contributed by atoms with Crippen LogP contribution in [0.3, 0.4) is 0 Å². The first kappa shape index (κ1) is 17.0. The van der Waals surface area contributed by atoms with E-state index in [4.69, 9.17) is 0 Å². The summed E-state index contributed by atoms with van der Waals surface area (Å²) in [6.45, 7) is 9.82.